The van der Waals surface area contributed by atoms with Crippen molar-refractivity contribution in [2.45, 2.75) is 39.7 Å². The van der Waals surface area contributed by atoms with E-state index >= 15 is 0 Å². The van der Waals surface area contributed by atoms with E-state index in [1.54, 1.807) is 29.0 Å². The Labute approximate surface area is 182 Å². The lowest BCUT2D eigenvalue weighted by atomic mass is 9.95. The third-order valence-corrected chi connectivity index (χ3v) is 5.29. The highest BCUT2D eigenvalue weighted by Gasteiger charge is 2.33. The summed E-state index contributed by atoms with van der Waals surface area (Å²) >= 11 is 0. The van der Waals surface area contributed by atoms with Crippen molar-refractivity contribution in [1.29, 1.82) is 0 Å². The predicted molar refractivity (Wildman–Crippen MR) is 118 cm³/mol. The number of amides is 2. The quantitative estimate of drug-likeness (QED) is 0.733. The van der Waals surface area contributed by atoms with Gasteiger partial charge in [0.15, 0.2) is 0 Å². The summed E-state index contributed by atoms with van der Waals surface area (Å²) in [5.41, 5.74) is 0.944. The molecule has 1 saturated heterocycles. The van der Waals surface area contributed by atoms with E-state index in [0.29, 0.717) is 24.5 Å². The second kappa shape index (κ2) is 8.61. The molecule has 166 valence electrons. The van der Waals surface area contributed by atoms with Crippen LogP contribution in [-0.4, -0.2) is 54.4 Å². The normalized spacial score (nSPS) is 16.5. The first-order valence-electron chi connectivity index (χ1n) is 10.3. The van der Waals surface area contributed by atoms with E-state index in [0.717, 1.165) is 11.5 Å². The van der Waals surface area contributed by atoms with Gasteiger partial charge in [-0.2, -0.15) is 0 Å². The maximum atomic E-state index is 13.3. The maximum Gasteiger partial charge on any atom is 0.228 e. The summed E-state index contributed by atoms with van der Waals surface area (Å²) in [4.78, 5) is 39.7. The van der Waals surface area contributed by atoms with Gasteiger partial charge in [-0.15, -0.1) is 0 Å². The van der Waals surface area contributed by atoms with Gasteiger partial charge in [0.1, 0.15) is 17.5 Å². The molecule has 2 aromatic rings. The molecule has 1 aliphatic heterocycles. The number of benzene rings is 1. The number of halogens is 1. The van der Waals surface area contributed by atoms with Crippen molar-refractivity contribution in [3.63, 3.8) is 0 Å². The SMILES string of the molecule is CN(Cc1nc([C@@H]2CC(=O)N(c3ccc(F)cc3)C2)cc(N(C)C)n1)C(=O)C(C)(C)C. The van der Waals surface area contributed by atoms with Gasteiger partial charge >= 0.3 is 0 Å². The molecule has 0 saturated carbocycles. The Morgan fingerprint density at radius 3 is 2.39 bits per heavy atom. The van der Waals surface area contributed by atoms with Gasteiger partial charge < -0.3 is 14.7 Å². The van der Waals surface area contributed by atoms with Crippen molar-refractivity contribution in [2.75, 3.05) is 37.5 Å². The summed E-state index contributed by atoms with van der Waals surface area (Å²) in [6.07, 6.45) is 0.317. The van der Waals surface area contributed by atoms with Crippen LogP contribution in [0, 0.1) is 11.2 Å². The van der Waals surface area contributed by atoms with Crippen molar-refractivity contribution in [2.24, 2.45) is 5.41 Å². The number of hydrogen-bond acceptors (Lipinski definition) is 5. The smallest absolute Gasteiger partial charge is 0.228 e. The molecule has 31 heavy (non-hydrogen) atoms. The van der Waals surface area contributed by atoms with Gasteiger partial charge in [0.05, 0.1) is 12.2 Å². The molecular weight excluding hydrogens is 397 g/mol. The van der Waals surface area contributed by atoms with Crippen LogP contribution >= 0.6 is 0 Å². The monoisotopic (exact) mass is 427 g/mol. The second-order valence-corrected chi connectivity index (χ2v) is 9.25. The van der Waals surface area contributed by atoms with Crippen molar-refractivity contribution in [1.82, 2.24) is 14.9 Å². The van der Waals surface area contributed by atoms with Crippen molar-refractivity contribution in [3.05, 3.63) is 47.7 Å². The maximum absolute atomic E-state index is 13.3. The first-order chi connectivity index (χ1) is 14.5. The topological polar surface area (TPSA) is 69.6 Å². The molecule has 2 heterocycles. The Bertz CT molecular complexity index is 969. The van der Waals surface area contributed by atoms with Crippen LogP contribution < -0.4 is 9.80 Å². The average Bonchev–Trinajstić information content (AvgIpc) is 3.08. The minimum atomic E-state index is -0.496. The fourth-order valence-corrected chi connectivity index (χ4v) is 3.64. The number of rotatable bonds is 5. The third kappa shape index (κ3) is 5.18. The van der Waals surface area contributed by atoms with Gasteiger partial charge in [0.25, 0.3) is 0 Å². The Kier molecular flexibility index (Phi) is 6.29. The summed E-state index contributed by atoms with van der Waals surface area (Å²) < 4.78 is 13.3. The molecule has 0 radical (unpaired) electrons. The second-order valence-electron chi connectivity index (χ2n) is 9.25. The van der Waals surface area contributed by atoms with Crippen LogP contribution in [0.3, 0.4) is 0 Å². The molecule has 1 atom stereocenters. The van der Waals surface area contributed by atoms with E-state index in [1.165, 1.54) is 12.1 Å². The Morgan fingerprint density at radius 2 is 1.81 bits per heavy atom. The van der Waals surface area contributed by atoms with E-state index in [2.05, 4.69) is 4.98 Å². The van der Waals surface area contributed by atoms with Crippen LogP contribution in [0.4, 0.5) is 15.9 Å². The number of carbonyl (C=O) groups excluding carboxylic acids is 2. The zero-order chi connectivity index (χ0) is 22.9. The predicted octanol–water partition coefficient (Wildman–Crippen LogP) is 3.21. The van der Waals surface area contributed by atoms with Crippen LogP contribution in [0.15, 0.2) is 30.3 Å². The zero-order valence-corrected chi connectivity index (χ0v) is 19.0. The van der Waals surface area contributed by atoms with Crippen LogP contribution in [0.1, 0.15) is 44.6 Å². The molecule has 7 nitrogen and oxygen atoms in total. The lowest BCUT2D eigenvalue weighted by Gasteiger charge is -2.26. The summed E-state index contributed by atoms with van der Waals surface area (Å²) in [6.45, 7) is 6.38. The molecule has 1 aromatic heterocycles. The average molecular weight is 428 g/mol. The molecule has 0 unspecified atom stereocenters. The van der Waals surface area contributed by atoms with E-state index in [-0.39, 0.29) is 30.1 Å². The number of hydrogen-bond donors (Lipinski definition) is 0. The molecule has 1 aromatic carbocycles. The van der Waals surface area contributed by atoms with Gasteiger partial charge in [-0.25, -0.2) is 14.4 Å². The summed E-state index contributed by atoms with van der Waals surface area (Å²) in [5.74, 6) is 0.798. The lowest BCUT2D eigenvalue weighted by Crippen LogP contribution is -2.36. The molecule has 0 N–H and O–H groups in total. The first kappa shape index (κ1) is 22.7. The highest BCUT2D eigenvalue weighted by atomic mass is 19.1. The van der Waals surface area contributed by atoms with Gasteiger partial charge in [0.2, 0.25) is 11.8 Å². The first-order valence-corrected chi connectivity index (χ1v) is 10.3. The Balaban J connectivity index is 1.86. The van der Waals surface area contributed by atoms with Crippen molar-refractivity contribution >= 4 is 23.3 Å². The summed E-state index contributed by atoms with van der Waals surface area (Å²) in [7, 11) is 5.53. The number of carbonyl (C=O) groups is 2. The standard InChI is InChI=1S/C23H30FN5O2/c1-23(2,3)22(31)28(6)14-19-25-18(12-20(26-19)27(4)5)15-11-21(30)29(13-15)17-9-7-16(24)8-10-17/h7-10,12,15H,11,13-14H2,1-6H3/t15-/m1/s1. The number of aromatic nitrogens is 2. The molecule has 3 rings (SSSR count). The van der Waals surface area contributed by atoms with Crippen molar-refractivity contribution in [3.8, 4) is 0 Å². The zero-order valence-electron chi connectivity index (χ0n) is 19.0. The van der Waals surface area contributed by atoms with Crippen LogP contribution in [0.5, 0.6) is 0 Å². The largest absolute Gasteiger partial charge is 0.363 e. The Morgan fingerprint density at radius 1 is 1.16 bits per heavy atom. The van der Waals surface area contributed by atoms with Crippen LogP contribution in [0.25, 0.3) is 0 Å². The van der Waals surface area contributed by atoms with Gasteiger partial charge in [0, 0.05) is 57.2 Å². The van der Waals surface area contributed by atoms with Crippen LogP contribution in [-0.2, 0) is 16.1 Å². The van der Waals surface area contributed by atoms with E-state index in [9.17, 15) is 14.0 Å². The highest BCUT2D eigenvalue weighted by molar-refractivity contribution is 5.96. The third-order valence-electron chi connectivity index (χ3n) is 5.29. The number of nitrogens with zero attached hydrogens (tertiary/aromatic N) is 5. The van der Waals surface area contributed by atoms with Crippen LogP contribution in [0.2, 0.25) is 0 Å². The molecule has 1 fully saturated rings. The summed E-state index contributed by atoms with van der Waals surface area (Å²) in [5, 5.41) is 0. The van der Waals surface area contributed by atoms with Gasteiger partial charge in [-0.3, -0.25) is 9.59 Å². The minimum Gasteiger partial charge on any atom is -0.363 e. The van der Waals surface area contributed by atoms with Gasteiger partial charge in [-0.05, 0) is 24.3 Å². The highest BCUT2D eigenvalue weighted by Crippen LogP contribution is 2.32. The fourth-order valence-electron chi connectivity index (χ4n) is 3.64. The van der Waals surface area contributed by atoms with E-state index in [4.69, 9.17) is 4.98 Å². The Hall–Kier alpha value is -3.03. The minimum absolute atomic E-state index is 0.00596. The molecule has 0 spiro atoms. The van der Waals surface area contributed by atoms with Gasteiger partial charge in [-0.1, -0.05) is 20.8 Å². The number of anilines is 2. The van der Waals surface area contributed by atoms with Crippen molar-refractivity contribution < 1.29 is 14.0 Å². The molecule has 0 bridgehead atoms. The fraction of sp³-hybridized carbons (Fsp3) is 0.478. The molecule has 0 aliphatic carbocycles. The molecular formula is C23H30FN5O2. The summed E-state index contributed by atoms with van der Waals surface area (Å²) in [6, 6.07) is 7.82. The van der Waals surface area contributed by atoms with E-state index < -0.39 is 5.41 Å². The molecule has 2 amide bonds. The van der Waals surface area contributed by atoms with E-state index in [1.807, 2.05) is 45.8 Å². The molecule has 1 aliphatic rings. The lowest BCUT2D eigenvalue weighted by molar-refractivity contribution is -0.138. The molecule has 8 heteroatoms.